The number of alkyl halides is 3. The monoisotopic (exact) mass is 305 g/mol. The average Bonchev–Trinajstić information content (AvgIpc) is 2.37. The molecule has 0 saturated carbocycles. The van der Waals surface area contributed by atoms with Gasteiger partial charge in [-0.2, -0.15) is 13.2 Å². The number of ether oxygens (including phenoxy) is 2. The van der Waals surface area contributed by atoms with Gasteiger partial charge in [0.25, 0.3) is 5.91 Å². The summed E-state index contributed by atoms with van der Waals surface area (Å²) in [5.41, 5.74) is 5.58. The second-order valence-corrected chi connectivity index (χ2v) is 4.25. The molecule has 1 atom stereocenters. The minimum absolute atomic E-state index is 0.155. The van der Waals surface area contributed by atoms with Crippen molar-refractivity contribution in [2.75, 3.05) is 6.61 Å². The number of amides is 1. The molecule has 1 amide bonds. The van der Waals surface area contributed by atoms with E-state index < -0.39 is 30.8 Å². The molecule has 1 aromatic carbocycles. The summed E-state index contributed by atoms with van der Waals surface area (Å²) in [6.45, 7) is -0.237. The molecular weight excluding hydrogens is 291 g/mol. The number of carbonyl (C=O) groups excluding carboxylic acids is 2. The van der Waals surface area contributed by atoms with Crippen LogP contribution < -0.4 is 5.73 Å². The minimum Gasteiger partial charge on any atom is -0.449 e. The first kappa shape index (κ1) is 17.0. The van der Waals surface area contributed by atoms with E-state index in [1.807, 2.05) is 0 Å². The third-order valence-electron chi connectivity index (χ3n) is 2.41. The van der Waals surface area contributed by atoms with Crippen LogP contribution in [0.4, 0.5) is 13.2 Å². The summed E-state index contributed by atoms with van der Waals surface area (Å²) < 4.78 is 44.9. The van der Waals surface area contributed by atoms with Gasteiger partial charge in [0.2, 0.25) is 0 Å². The molecule has 0 fully saturated rings. The highest BCUT2D eigenvalue weighted by Crippen LogP contribution is 2.16. The van der Waals surface area contributed by atoms with E-state index in [0.717, 1.165) is 0 Å². The van der Waals surface area contributed by atoms with Gasteiger partial charge >= 0.3 is 12.1 Å². The average molecular weight is 305 g/mol. The number of rotatable bonds is 6. The van der Waals surface area contributed by atoms with Crippen LogP contribution >= 0.6 is 0 Å². The zero-order valence-corrected chi connectivity index (χ0v) is 11.1. The van der Waals surface area contributed by atoms with Crippen LogP contribution in [0.25, 0.3) is 0 Å². The first-order valence-electron chi connectivity index (χ1n) is 5.93. The summed E-state index contributed by atoms with van der Waals surface area (Å²) in [4.78, 5) is 22.4. The molecule has 0 aliphatic rings. The Morgan fingerprint density at radius 1 is 1.24 bits per heavy atom. The lowest BCUT2D eigenvalue weighted by Gasteiger charge is -2.10. The number of carbonyl (C=O) groups is 2. The number of halogens is 3. The summed E-state index contributed by atoms with van der Waals surface area (Å²) in [5.74, 6) is -1.52. The summed E-state index contributed by atoms with van der Waals surface area (Å²) in [6.07, 6.45) is -5.44. The number of esters is 1. The number of primary amides is 1. The van der Waals surface area contributed by atoms with Crippen LogP contribution in [0.1, 0.15) is 22.8 Å². The summed E-state index contributed by atoms with van der Waals surface area (Å²) in [5, 5.41) is 0. The van der Waals surface area contributed by atoms with E-state index in [4.69, 9.17) is 10.5 Å². The van der Waals surface area contributed by atoms with Crippen molar-refractivity contribution in [2.24, 2.45) is 5.73 Å². The highest BCUT2D eigenvalue weighted by molar-refractivity contribution is 5.91. The highest BCUT2D eigenvalue weighted by atomic mass is 19.4. The number of benzene rings is 1. The van der Waals surface area contributed by atoms with Crippen molar-refractivity contribution in [3.63, 3.8) is 0 Å². The van der Waals surface area contributed by atoms with E-state index in [1.165, 1.54) is 31.2 Å². The van der Waals surface area contributed by atoms with Gasteiger partial charge in [0.15, 0.2) is 6.10 Å². The van der Waals surface area contributed by atoms with Crippen LogP contribution in [0, 0.1) is 0 Å². The molecule has 0 saturated heterocycles. The molecule has 0 aromatic heterocycles. The lowest BCUT2D eigenvalue weighted by molar-refractivity contribution is -0.176. The Bertz CT molecular complexity index is 499. The third kappa shape index (κ3) is 6.26. The van der Waals surface area contributed by atoms with E-state index in [2.05, 4.69) is 4.74 Å². The molecule has 0 heterocycles. The molecule has 1 aromatic rings. The van der Waals surface area contributed by atoms with E-state index in [0.29, 0.717) is 5.56 Å². The molecule has 0 radical (unpaired) electrons. The van der Waals surface area contributed by atoms with Crippen molar-refractivity contribution in [3.05, 3.63) is 35.4 Å². The summed E-state index contributed by atoms with van der Waals surface area (Å²) in [7, 11) is 0. The van der Waals surface area contributed by atoms with Crippen LogP contribution in [0.5, 0.6) is 0 Å². The quantitative estimate of drug-likeness (QED) is 0.813. The predicted molar refractivity (Wildman–Crippen MR) is 66.2 cm³/mol. The smallest absolute Gasteiger partial charge is 0.411 e. The Kier molecular flexibility index (Phi) is 5.71. The topological polar surface area (TPSA) is 78.6 Å². The third-order valence-corrected chi connectivity index (χ3v) is 2.41. The standard InChI is InChI=1S/C13H14F3NO4/c1-8(11(17)18)21-12(19)10-4-2-9(3-5-10)6-20-7-13(14,15)16/h2-5,8H,6-7H2,1H3,(H2,17,18). The lowest BCUT2D eigenvalue weighted by atomic mass is 10.1. The molecule has 21 heavy (non-hydrogen) atoms. The maximum Gasteiger partial charge on any atom is 0.411 e. The Hall–Kier alpha value is -2.09. The van der Waals surface area contributed by atoms with E-state index >= 15 is 0 Å². The molecule has 0 aliphatic heterocycles. The summed E-state index contributed by atoms with van der Waals surface area (Å²) >= 11 is 0. The fourth-order valence-electron chi connectivity index (χ4n) is 1.31. The van der Waals surface area contributed by atoms with Crippen molar-refractivity contribution in [1.29, 1.82) is 0 Å². The van der Waals surface area contributed by atoms with Crippen molar-refractivity contribution in [2.45, 2.75) is 25.8 Å². The number of nitrogens with two attached hydrogens (primary N) is 1. The van der Waals surface area contributed by atoms with Crippen molar-refractivity contribution in [1.82, 2.24) is 0 Å². The zero-order chi connectivity index (χ0) is 16.0. The fraction of sp³-hybridized carbons (Fsp3) is 0.385. The first-order valence-corrected chi connectivity index (χ1v) is 5.93. The normalized spacial score (nSPS) is 12.8. The van der Waals surface area contributed by atoms with Gasteiger partial charge in [0.1, 0.15) is 6.61 Å². The van der Waals surface area contributed by atoms with Gasteiger partial charge in [-0.25, -0.2) is 4.79 Å². The molecule has 5 nitrogen and oxygen atoms in total. The molecule has 0 bridgehead atoms. The van der Waals surface area contributed by atoms with Gasteiger partial charge in [-0.3, -0.25) is 4.79 Å². The second-order valence-electron chi connectivity index (χ2n) is 4.25. The summed E-state index contributed by atoms with van der Waals surface area (Å²) in [6, 6.07) is 5.59. The van der Waals surface area contributed by atoms with Crippen molar-refractivity contribution < 1.29 is 32.2 Å². The van der Waals surface area contributed by atoms with Crippen LogP contribution in [0.15, 0.2) is 24.3 Å². The van der Waals surface area contributed by atoms with Gasteiger partial charge in [0.05, 0.1) is 12.2 Å². The Balaban J connectivity index is 2.53. The largest absolute Gasteiger partial charge is 0.449 e. The molecule has 0 aliphatic carbocycles. The van der Waals surface area contributed by atoms with Crippen LogP contribution in [-0.2, 0) is 20.9 Å². The van der Waals surface area contributed by atoms with Gasteiger partial charge in [-0.15, -0.1) is 0 Å². The Morgan fingerprint density at radius 3 is 2.29 bits per heavy atom. The maximum atomic E-state index is 11.9. The van der Waals surface area contributed by atoms with E-state index in [9.17, 15) is 22.8 Å². The van der Waals surface area contributed by atoms with Gasteiger partial charge < -0.3 is 15.2 Å². The van der Waals surface area contributed by atoms with Crippen LogP contribution in [-0.4, -0.2) is 30.8 Å². The van der Waals surface area contributed by atoms with E-state index in [1.54, 1.807) is 0 Å². The zero-order valence-electron chi connectivity index (χ0n) is 11.1. The predicted octanol–water partition coefficient (Wildman–Crippen LogP) is 1.80. The molecule has 2 N–H and O–H groups in total. The van der Waals surface area contributed by atoms with E-state index in [-0.39, 0.29) is 12.2 Å². The lowest BCUT2D eigenvalue weighted by Crippen LogP contribution is -2.30. The number of hydrogen-bond donors (Lipinski definition) is 1. The SMILES string of the molecule is CC(OC(=O)c1ccc(COCC(F)(F)F)cc1)C(N)=O. The Morgan fingerprint density at radius 2 is 1.81 bits per heavy atom. The molecule has 116 valence electrons. The van der Waals surface area contributed by atoms with Crippen LogP contribution in [0.3, 0.4) is 0 Å². The van der Waals surface area contributed by atoms with Gasteiger partial charge in [-0.1, -0.05) is 12.1 Å². The van der Waals surface area contributed by atoms with Gasteiger partial charge in [-0.05, 0) is 24.6 Å². The molecule has 0 spiro atoms. The van der Waals surface area contributed by atoms with Crippen molar-refractivity contribution >= 4 is 11.9 Å². The Labute approximate surface area is 118 Å². The number of hydrogen-bond acceptors (Lipinski definition) is 4. The highest BCUT2D eigenvalue weighted by Gasteiger charge is 2.27. The fourth-order valence-corrected chi connectivity index (χ4v) is 1.31. The van der Waals surface area contributed by atoms with Crippen LogP contribution in [0.2, 0.25) is 0 Å². The second kappa shape index (κ2) is 7.07. The van der Waals surface area contributed by atoms with Crippen molar-refractivity contribution in [3.8, 4) is 0 Å². The molecular formula is C13H14F3NO4. The minimum atomic E-state index is -4.38. The molecule has 1 unspecified atom stereocenters. The molecule has 8 heteroatoms. The van der Waals surface area contributed by atoms with Gasteiger partial charge in [0, 0.05) is 0 Å². The maximum absolute atomic E-state index is 11.9. The first-order chi connectivity index (χ1) is 9.69. The molecule has 1 rings (SSSR count).